The van der Waals surface area contributed by atoms with Gasteiger partial charge in [-0.15, -0.1) is 11.8 Å². The minimum absolute atomic E-state index is 0.0184. The van der Waals surface area contributed by atoms with E-state index in [4.69, 9.17) is 9.47 Å². The van der Waals surface area contributed by atoms with Crippen molar-refractivity contribution in [2.75, 3.05) is 30.1 Å². The molecule has 2 N–H and O–H groups in total. The normalized spacial score (nSPS) is 22.9. The van der Waals surface area contributed by atoms with E-state index in [1.54, 1.807) is 0 Å². The molecule has 4 atom stereocenters. The van der Waals surface area contributed by atoms with E-state index in [9.17, 15) is 4.79 Å². The highest BCUT2D eigenvalue weighted by molar-refractivity contribution is 7.99. The maximum atomic E-state index is 13.7. The minimum atomic E-state index is -0.190. The van der Waals surface area contributed by atoms with Gasteiger partial charge in [-0.25, -0.2) is 4.79 Å². The van der Waals surface area contributed by atoms with Gasteiger partial charge >= 0.3 is 6.03 Å². The number of benzene rings is 4. The van der Waals surface area contributed by atoms with Crippen molar-refractivity contribution < 1.29 is 14.3 Å². The molecule has 1 saturated carbocycles. The number of carbonyl (C=O) groups is 1. The molecule has 52 heavy (non-hydrogen) atoms. The topological polar surface area (TPSA) is 62.8 Å². The Morgan fingerprint density at radius 1 is 0.827 bits per heavy atom. The van der Waals surface area contributed by atoms with Crippen molar-refractivity contribution in [2.24, 2.45) is 5.41 Å². The first-order chi connectivity index (χ1) is 25.3. The maximum absolute atomic E-state index is 13.7. The van der Waals surface area contributed by atoms with E-state index < -0.39 is 0 Å². The number of urea groups is 1. The summed E-state index contributed by atoms with van der Waals surface area (Å²) in [5.74, 6) is 1.39. The number of hydrogen-bond donors (Lipinski definition) is 2. The SMILES string of the molecule is CCCC[C@]1(CC)CSc2ccc(N(C)C)cc2[C@@H](c2cccc(NC(=O)NC3CC(OCc4ccccc4)CC(OCc4ccccc4)C3)c2)C1. The third kappa shape index (κ3) is 10.2. The van der Waals surface area contributed by atoms with Crippen molar-refractivity contribution in [3.8, 4) is 0 Å². The van der Waals surface area contributed by atoms with Gasteiger partial charge in [-0.2, -0.15) is 0 Å². The van der Waals surface area contributed by atoms with Crippen molar-refractivity contribution in [3.63, 3.8) is 0 Å². The van der Waals surface area contributed by atoms with Gasteiger partial charge in [0.05, 0.1) is 25.4 Å². The molecule has 1 fully saturated rings. The van der Waals surface area contributed by atoms with Crippen molar-refractivity contribution in [1.82, 2.24) is 5.32 Å². The van der Waals surface area contributed by atoms with E-state index in [1.807, 2.05) is 54.2 Å². The van der Waals surface area contributed by atoms with Gasteiger partial charge in [-0.3, -0.25) is 0 Å². The third-order valence-electron chi connectivity index (χ3n) is 11.0. The predicted octanol–water partition coefficient (Wildman–Crippen LogP) is 10.8. The second-order valence-electron chi connectivity index (χ2n) is 15.1. The summed E-state index contributed by atoms with van der Waals surface area (Å²) in [7, 11) is 4.23. The Balaban J connectivity index is 1.17. The number of rotatable bonds is 14. The predicted molar refractivity (Wildman–Crippen MR) is 216 cm³/mol. The first-order valence-corrected chi connectivity index (χ1v) is 20.2. The number of thioether (sulfide) groups is 1. The molecule has 0 radical (unpaired) electrons. The molecule has 1 heterocycles. The summed E-state index contributed by atoms with van der Waals surface area (Å²) in [5, 5.41) is 6.50. The van der Waals surface area contributed by atoms with Crippen LogP contribution in [0.3, 0.4) is 0 Å². The zero-order valence-electron chi connectivity index (χ0n) is 31.5. The molecule has 0 bridgehead atoms. The highest BCUT2D eigenvalue weighted by Crippen LogP contribution is 2.51. The van der Waals surface area contributed by atoms with Crippen LogP contribution in [0.5, 0.6) is 0 Å². The van der Waals surface area contributed by atoms with E-state index in [2.05, 4.69) is 104 Å². The van der Waals surface area contributed by atoms with Crippen LogP contribution < -0.4 is 15.5 Å². The summed E-state index contributed by atoms with van der Waals surface area (Å²) in [5.41, 5.74) is 7.25. The van der Waals surface area contributed by atoms with E-state index in [-0.39, 0.29) is 35.6 Å². The Bertz CT molecular complexity index is 1670. The first kappa shape index (κ1) is 38.0. The van der Waals surface area contributed by atoms with E-state index in [0.29, 0.717) is 13.2 Å². The summed E-state index contributed by atoms with van der Waals surface area (Å²) in [6.45, 7) is 5.75. The molecule has 1 aliphatic heterocycles. The van der Waals surface area contributed by atoms with Gasteiger partial charge in [0.25, 0.3) is 0 Å². The molecule has 4 aromatic rings. The monoisotopic (exact) mass is 719 g/mol. The zero-order chi connectivity index (χ0) is 36.3. The second-order valence-corrected chi connectivity index (χ2v) is 16.1. The molecule has 6 nitrogen and oxygen atoms in total. The zero-order valence-corrected chi connectivity index (χ0v) is 32.3. The van der Waals surface area contributed by atoms with E-state index in [1.165, 1.54) is 47.4 Å². The van der Waals surface area contributed by atoms with Crippen LogP contribution in [0.15, 0.2) is 108 Å². The van der Waals surface area contributed by atoms with Crippen molar-refractivity contribution >= 4 is 29.2 Å². The Morgan fingerprint density at radius 2 is 1.50 bits per heavy atom. The molecule has 2 unspecified atom stereocenters. The van der Waals surface area contributed by atoms with Crippen LogP contribution in [0.2, 0.25) is 0 Å². The van der Waals surface area contributed by atoms with Crippen LogP contribution in [0.25, 0.3) is 0 Å². The average molecular weight is 720 g/mol. The van der Waals surface area contributed by atoms with Crippen LogP contribution >= 0.6 is 11.8 Å². The average Bonchev–Trinajstić information content (AvgIpc) is 3.33. The molecule has 0 aromatic heterocycles. The van der Waals surface area contributed by atoms with Crippen LogP contribution in [0.1, 0.15) is 93.4 Å². The summed E-state index contributed by atoms with van der Waals surface area (Å²) in [6.07, 6.45) is 8.22. The Hall–Kier alpha value is -3.78. The molecular weight excluding hydrogens is 663 g/mol. The Kier molecular flexibility index (Phi) is 13.4. The lowest BCUT2D eigenvalue weighted by Crippen LogP contribution is -2.46. The third-order valence-corrected chi connectivity index (χ3v) is 12.5. The molecule has 276 valence electrons. The molecule has 0 spiro atoms. The molecular formula is C45H57N3O3S. The van der Waals surface area contributed by atoms with Gasteiger partial charge in [-0.05, 0) is 96.5 Å². The molecule has 1 aliphatic carbocycles. The summed E-state index contributed by atoms with van der Waals surface area (Å²) >= 11 is 2.03. The highest BCUT2D eigenvalue weighted by Gasteiger charge is 2.37. The number of carbonyl (C=O) groups excluding carboxylic acids is 1. The number of ether oxygens (including phenoxy) is 2. The number of fused-ring (bicyclic) bond motifs is 1. The maximum Gasteiger partial charge on any atom is 0.319 e. The van der Waals surface area contributed by atoms with Crippen molar-refractivity contribution in [3.05, 3.63) is 125 Å². The molecule has 7 heteroatoms. The van der Waals surface area contributed by atoms with Crippen LogP contribution in [0.4, 0.5) is 16.2 Å². The van der Waals surface area contributed by atoms with Gasteiger partial charge in [0, 0.05) is 48.1 Å². The number of hydrogen-bond acceptors (Lipinski definition) is 5. The van der Waals surface area contributed by atoms with Gasteiger partial charge in [0.1, 0.15) is 0 Å². The fraction of sp³-hybridized carbons (Fsp3) is 0.444. The van der Waals surface area contributed by atoms with Gasteiger partial charge in [0.15, 0.2) is 0 Å². The fourth-order valence-corrected chi connectivity index (χ4v) is 9.33. The number of nitrogens with zero attached hydrogens (tertiary/aromatic N) is 1. The van der Waals surface area contributed by atoms with Crippen LogP contribution in [-0.2, 0) is 22.7 Å². The largest absolute Gasteiger partial charge is 0.378 e. The van der Waals surface area contributed by atoms with Crippen molar-refractivity contribution in [2.45, 2.75) is 107 Å². The molecule has 0 saturated heterocycles. The first-order valence-electron chi connectivity index (χ1n) is 19.3. The highest BCUT2D eigenvalue weighted by atomic mass is 32.2. The minimum Gasteiger partial charge on any atom is -0.378 e. The van der Waals surface area contributed by atoms with E-state index in [0.717, 1.165) is 48.3 Å². The Morgan fingerprint density at radius 3 is 2.12 bits per heavy atom. The summed E-state index contributed by atoms with van der Waals surface area (Å²) < 4.78 is 12.8. The molecule has 2 aliphatic rings. The number of amides is 2. The van der Waals surface area contributed by atoms with Gasteiger partial charge in [-0.1, -0.05) is 99.5 Å². The summed E-state index contributed by atoms with van der Waals surface area (Å²) in [6, 6.07) is 35.8. The molecule has 2 amide bonds. The standard InChI is InChI=1S/C45H57N3O3S/c1-5-7-23-45(6-2)29-42(41-27-38(48(3)4)21-22-43(41)52-32-45)35-19-14-20-36(24-35)46-44(49)47-37-25-39(50-30-33-15-10-8-11-16-33)28-40(26-37)51-31-34-17-12-9-13-18-34/h8-22,24,27,37,39-40,42H,5-7,23,25-26,28-32H2,1-4H3,(H2,46,47,49)/t37?,39?,40?,42-,45+/m1/s1. The molecule has 4 aromatic carbocycles. The van der Waals surface area contributed by atoms with Crippen LogP contribution in [-0.4, -0.2) is 44.1 Å². The van der Waals surface area contributed by atoms with Crippen LogP contribution in [0, 0.1) is 5.41 Å². The van der Waals surface area contributed by atoms with Gasteiger partial charge < -0.3 is 25.0 Å². The molecule has 6 rings (SSSR count). The number of anilines is 2. The quantitative estimate of drug-likeness (QED) is 0.136. The summed E-state index contributed by atoms with van der Waals surface area (Å²) in [4.78, 5) is 17.2. The number of nitrogens with one attached hydrogen (secondary N) is 2. The van der Waals surface area contributed by atoms with Gasteiger partial charge in [0.2, 0.25) is 0 Å². The second kappa shape index (κ2) is 18.3. The lowest BCUT2D eigenvalue weighted by atomic mass is 9.71. The van der Waals surface area contributed by atoms with Crippen molar-refractivity contribution in [1.29, 1.82) is 0 Å². The Labute approximate surface area is 316 Å². The number of unbranched alkanes of at least 4 members (excludes halogenated alkanes) is 1. The smallest absolute Gasteiger partial charge is 0.319 e. The van der Waals surface area contributed by atoms with E-state index >= 15 is 0 Å². The lowest BCUT2D eigenvalue weighted by molar-refractivity contribution is -0.0629. The lowest BCUT2D eigenvalue weighted by Gasteiger charge is -2.35. The fourth-order valence-electron chi connectivity index (χ4n) is 7.87.